The number of nitrogens with zero attached hydrogens (tertiary/aromatic N) is 3. The maximum absolute atomic E-state index is 6.15. The standard InChI is InChI=1S/C18H25N3O3.C5H12O.4C2H6/c1-22-11-3-4-14-5-8-19-18(20-14)21-9-6-15(7-10-21)24-17-12-16(13-17)23-2;1-3-5-6-4-2;4*1-2/h5,8,15-17H,6-7,9-13H2,1-2H3;3-5H2,1-2H3;4*1-2H3. The van der Waals surface area contributed by atoms with E-state index in [4.69, 9.17) is 18.9 Å². The summed E-state index contributed by atoms with van der Waals surface area (Å²) in [7, 11) is 3.40. The van der Waals surface area contributed by atoms with E-state index in [2.05, 4.69) is 33.6 Å². The predicted octanol–water partition coefficient (Wildman–Crippen LogP) is 7.18. The quantitative estimate of drug-likeness (QED) is 0.256. The molecule has 38 heavy (non-hydrogen) atoms. The molecule has 1 aliphatic carbocycles. The van der Waals surface area contributed by atoms with Gasteiger partial charge in [0.15, 0.2) is 0 Å². The highest BCUT2D eigenvalue weighted by Gasteiger charge is 2.33. The summed E-state index contributed by atoms with van der Waals surface area (Å²) < 4.78 is 21.4. The maximum atomic E-state index is 6.15. The van der Waals surface area contributed by atoms with Gasteiger partial charge in [0.05, 0.1) is 18.3 Å². The van der Waals surface area contributed by atoms with Crippen molar-refractivity contribution in [3.05, 3.63) is 18.0 Å². The van der Waals surface area contributed by atoms with Gasteiger partial charge in [-0.3, -0.25) is 0 Å². The lowest BCUT2D eigenvalue weighted by atomic mass is 9.91. The van der Waals surface area contributed by atoms with Crippen molar-refractivity contribution in [3.8, 4) is 11.8 Å². The molecule has 2 heterocycles. The van der Waals surface area contributed by atoms with Gasteiger partial charge in [-0.05, 0) is 51.0 Å². The average molecular weight is 540 g/mol. The topological polar surface area (TPSA) is 65.9 Å². The van der Waals surface area contributed by atoms with Crippen LogP contribution in [0.1, 0.15) is 107 Å². The van der Waals surface area contributed by atoms with E-state index in [0.717, 1.165) is 70.0 Å². The van der Waals surface area contributed by atoms with Crippen molar-refractivity contribution in [2.75, 3.05) is 52.0 Å². The highest BCUT2D eigenvalue weighted by Crippen LogP contribution is 2.29. The number of hydrogen-bond acceptors (Lipinski definition) is 7. The average Bonchev–Trinajstić information content (AvgIpc) is 2.99. The van der Waals surface area contributed by atoms with Crippen LogP contribution in [0.4, 0.5) is 5.95 Å². The number of rotatable bonds is 8. The number of aromatic nitrogens is 2. The van der Waals surface area contributed by atoms with Gasteiger partial charge < -0.3 is 23.8 Å². The van der Waals surface area contributed by atoms with Crippen LogP contribution in [0.15, 0.2) is 12.3 Å². The van der Waals surface area contributed by atoms with Gasteiger partial charge >= 0.3 is 0 Å². The van der Waals surface area contributed by atoms with Crippen molar-refractivity contribution in [1.82, 2.24) is 9.97 Å². The Bertz CT molecular complexity index is 646. The van der Waals surface area contributed by atoms with Gasteiger partial charge in [-0.25, -0.2) is 9.97 Å². The lowest BCUT2D eigenvalue weighted by molar-refractivity contribution is -0.119. The molecular formula is C31H61N3O4. The van der Waals surface area contributed by atoms with Crippen molar-refractivity contribution in [1.29, 1.82) is 0 Å². The molecule has 0 bridgehead atoms. The van der Waals surface area contributed by atoms with Crippen molar-refractivity contribution < 1.29 is 18.9 Å². The SMILES string of the molecule is CC.CC.CC.CC.CCCOCC.COCC#Cc1ccnc(N2CCC(OC3CC(OC)C3)CC2)n1. The van der Waals surface area contributed by atoms with Crippen LogP contribution in [0.25, 0.3) is 0 Å². The number of ether oxygens (including phenoxy) is 4. The Morgan fingerprint density at radius 3 is 1.97 bits per heavy atom. The fourth-order valence-corrected chi connectivity index (χ4v) is 3.34. The van der Waals surface area contributed by atoms with E-state index in [1.54, 1.807) is 20.4 Å². The Labute approximate surface area is 236 Å². The van der Waals surface area contributed by atoms with E-state index >= 15 is 0 Å². The second kappa shape index (κ2) is 31.5. The molecule has 1 saturated carbocycles. The molecule has 0 N–H and O–H groups in total. The zero-order valence-corrected chi connectivity index (χ0v) is 26.9. The van der Waals surface area contributed by atoms with Crippen LogP contribution in [-0.4, -0.2) is 75.4 Å². The highest BCUT2D eigenvalue weighted by atomic mass is 16.5. The van der Waals surface area contributed by atoms with Crippen LogP contribution in [-0.2, 0) is 18.9 Å². The van der Waals surface area contributed by atoms with E-state index in [1.807, 2.05) is 68.4 Å². The fourth-order valence-electron chi connectivity index (χ4n) is 3.34. The molecule has 7 heteroatoms. The van der Waals surface area contributed by atoms with E-state index in [0.29, 0.717) is 24.9 Å². The van der Waals surface area contributed by atoms with Crippen LogP contribution < -0.4 is 4.90 Å². The lowest BCUT2D eigenvalue weighted by Crippen LogP contribution is -2.43. The molecule has 0 unspecified atom stereocenters. The predicted molar refractivity (Wildman–Crippen MR) is 163 cm³/mol. The summed E-state index contributed by atoms with van der Waals surface area (Å²) in [6, 6.07) is 1.82. The minimum Gasteiger partial charge on any atom is -0.382 e. The van der Waals surface area contributed by atoms with Gasteiger partial charge in [0, 0.05) is 46.7 Å². The van der Waals surface area contributed by atoms with Crippen molar-refractivity contribution in [2.24, 2.45) is 0 Å². The van der Waals surface area contributed by atoms with Crippen LogP contribution in [0.5, 0.6) is 0 Å². The Kier molecular flexibility index (Phi) is 33.8. The molecule has 224 valence electrons. The largest absolute Gasteiger partial charge is 0.382 e. The molecule has 0 amide bonds. The first-order valence-corrected chi connectivity index (χ1v) is 15.0. The summed E-state index contributed by atoms with van der Waals surface area (Å²) in [5.74, 6) is 6.67. The van der Waals surface area contributed by atoms with Gasteiger partial charge in [-0.2, -0.15) is 0 Å². The van der Waals surface area contributed by atoms with Crippen molar-refractivity contribution >= 4 is 5.95 Å². The molecule has 1 saturated heterocycles. The zero-order valence-electron chi connectivity index (χ0n) is 26.9. The summed E-state index contributed by atoms with van der Waals surface area (Å²) >= 11 is 0. The third-order valence-electron chi connectivity index (χ3n) is 5.12. The molecule has 0 aromatic carbocycles. The van der Waals surface area contributed by atoms with Gasteiger partial charge in [0.25, 0.3) is 0 Å². The third-order valence-corrected chi connectivity index (χ3v) is 5.12. The molecular weight excluding hydrogens is 478 g/mol. The molecule has 0 spiro atoms. The summed E-state index contributed by atoms with van der Waals surface area (Å²) in [6.07, 6.45) is 8.09. The third kappa shape index (κ3) is 19.4. The minimum absolute atomic E-state index is 0.341. The number of hydrogen-bond donors (Lipinski definition) is 0. The van der Waals surface area contributed by atoms with Gasteiger partial charge in [-0.15, -0.1) is 0 Å². The first kappa shape index (κ1) is 40.8. The van der Waals surface area contributed by atoms with Gasteiger partial charge in [0.2, 0.25) is 5.95 Å². The van der Waals surface area contributed by atoms with Crippen molar-refractivity contribution in [2.45, 2.75) is 120 Å². The Hall–Kier alpha value is -1.72. The summed E-state index contributed by atoms with van der Waals surface area (Å²) in [4.78, 5) is 11.1. The van der Waals surface area contributed by atoms with Gasteiger partial charge in [-0.1, -0.05) is 68.2 Å². The fraction of sp³-hybridized carbons (Fsp3) is 0.806. The zero-order chi connectivity index (χ0) is 29.6. The summed E-state index contributed by atoms with van der Waals surface area (Å²) in [5.41, 5.74) is 0.732. The molecule has 2 aliphatic rings. The summed E-state index contributed by atoms with van der Waals surface area (Å²) in [6.45, 7) is 24.1. The molecule has 2 fully saturated rings. The maximum Gasteiger partial charge on any atom is 0.226 e. The Balaban J connectivity index is -0.000000744. The number of methoxy groups -OCH3 is 2. The lowest BCUT2D eigenvalue weighted by Gasteiger charge is -2.39. The second-order valence-corrected chi connectivity index (χ2v) is 7.45. The van der Waals surface area contributed by atoms with Crippen LogP contribution in [0.2, 0.25) is 0 Å². The van der Waals surface area contributed by atoms with Crippen LogP contribution >= 0.6 is 0 Å². The van der Waals surface area contributed by atoms with E-state index in [9.17, 15) is 0 Å². The molecule has 0 radical (unpaired) electrons. The Morgan fingerprint density at radius 2 is 1.50 bits per heavy atom. The van der Waals surface area contributed by atoms with E-state index < -0.39 is 0 Å². The monoisotopic (exact) mass is 539 g/mol. The minimum atomic E-state index is 0.341. The van der Waals surface area contributed by atoms with Gasteiger partial charge in [0.1, 0.15) is 12.3 Å². The first-order valence-electron chi connectivity index (χ1n) is 15.0. The van der Waals surface area contributed by atoms with E-state index in [1.165, 1.54) is 0 Å². The van der Waals surface area contributed by atoms with Crippen LogP contribution in [0, 0.1) is 11.8 Å². The van der Waals surface area contributed by atoms with Crippen LogP contribution in [0.3, 0.4) is 0 Å². The number of piperidine rings is 1. The Morgan fingerprint density at radius 1 is 0.895 bits per heavy atom. The highest BCUT2D eigenvalue weighted by molar-refractivity contribution is 5.36. The van der Waals surface area contributed by atoms with E-state index in [-0.39, 0.29) is 0 Å². The first-order chi connectivity index (χ1) is 18.7. The smallest absolute Gasteiger partial charge is 0.226 e. The summed E-state index contributed by atoms with van der Waals surface area (Å²) in [5, 5.41) is 0. The normalized spacial score (nSPS) is 17.3. The molecule has 1 aliphatic heterocycles. The molecule has 7 nitrogen and oxygen atoms in total. The van der Waals surface area contributed by atoms with Crippen molar-refractivity contribution in [3.63, 3.8) is 0 Å². The second-order valence-electron chi connectivity index (χ2n) is 7.45. The molecule has 0 atom stereocenters. The number of anilines is 1. The molecule has 3 rings (SSSR count). The molecule has 1 aromatic rings. The molecule has 1 aromatic heterocycles.